The fraction of sp³-hybridized carbons (Fsp3) is 0.273. The summed E-state index contributed by atoms with van der Waals surface area (Å²) in [6.45, 7) is 1.70. The zero-order valence-electron chi connectivity index (χ0n) is 8.56. The number of hydrogen-bond donors (Lipinski definition) is 1. The summed E-state index contributed by atoms with van der Waals surface area (Å²) in [5, 5.41) is 0.625. The summed E-state index contributed by atoms with van der Waals surface area (Å²) in [6, 6.07) is 5.08. The van der Waals surface area contributed by atoms with Gasteiger partial charge in [-0.3, -0.25) is 0 Å². The monoisotopic (exact) mass is 245 g/mol. The smallest absolute Gasteiger partial charge is 0.393 e. The van der Waals surface area contributed by atoms with E-state index in [4.69, 9.17) is 5.73 Å². The molecule has 0 aliphatic carbocycles. The van der Waals surface area contributed by atoms with E-state index in [1.54, 1.807) is 25.1 Å². The van der Waals surface area contributed by atoms with Gasteiger partial charge < -0.3 is 5.73 Å². The molecule has 16 heavy (non-hydrogen) atoms. The van der Waals surface area contributed by atoms with E-state index >= 15 is 0 Å². The molecule has 0 aliphatic heterocycles. The minimum absolute atomic E-state index is 0.347. The van der Waals surface area contributed by atoms with Gasteiger partial charge in [-0.05, 0) is 23.9 Å². The van der Waals surface area contributed by atoms with Crippen LogP contribution in [0.5, 0.6) is 0 Å². The number of hydrogen-bond acceptors (Lipinski definition) is 2. The Hall–Kier alpha value is -1.23. The highest BCUT2D eigenvalue weighted by Crippen LogP contribution is 2.37. The molecule has 2 rings (SSSR count). The summed E-state index contributed by atoms with van der Waals surface area (Å²) in [5.41, 5.74) is 6.62. The molecule has 0 unspecified atom stereocenters. The van der Waals surface area contributed by atoms with Crippen LogP contribution in [0.3, 0.4) is 0 Å². The van der Waals surface area contributed by atoms with Gasteiger partial charge in [0.05, 0.1) is 11.1 Å². The number of nitrogen functional groups attached to an aromatic ring is 1. The van der Waals surface area contributed by atoms with Crippen LogP contribution in [-0.2, 0) is 6.42 Å². The Morgan fingerprint density at radius 1 is 1.31 bits per heavy atom. The summed E-state index contributed by atoms with van der Waals surface area (Å²) >= 11 is 1.32. The van der Waals surface area contributed by atoms with Crippen molar-refractivity contribution in [2.24, 2.45) is 0 Å². The molecule has 2 N–H and O–H groups in total. The molecular weight excluding hydrogens is 235 g/mol. The van der Waals surface area contributed by atoms with E-state index in [1.165, 1.54) is 11.3 Å². The molecule has 0 spiro atoms. The van der Waals surface area contributed by atoms with Gasteiger partial charge in [0.2, 0.25) is 0 Å². The fourth-order valence-corrected chi connectivity index (χ4v) is 2.83. The lowest BCUT2D eigenvalue weighted by atomic mass is 10.1. The van der Waals surface area contributed by atoms with Crippen LogP contribution in [-0.4, -0.2) is 6.18 Å². The fourth-order valence-electron chi connectivity index (χ4n) is 1.73. The maximum Gasteiger partial charge on any atom is 0.393 e. The van der Waals surface area contributed by atoms with E-state index in [0.717, 1.165) is 4.70 Å². The highest BCUT2D eigenvalue weighted by atomic mass is 32.1. The third-order valence-corrected chi connectivity index (χ3v) is 3.64. The summed E-state index contributed by atoms with van der Waals surface area (Å²) < 4.78 is 38.0. The Kier molecular flexibility index (Phi) is 2.58. The van der Waals surface area contributed by atoms with Gasteiger partial charge >= 0.3 is 6.18 Å². The van der Waals surface area contributed by atoms with Crippen LogP contribution in [0.4, 0.5) is 18.9 Å². The zero-order valence-corrected chi connectivity index (χ0v) is 9.38. The molecule has 86 valence electrons. The average molecular weight is 245 g/mol. The van der Waals surface area contributed by atoms with Crippen LogP contribution in [0.15, 0.2) is 18.2 Å². The van der Waals surface area contributed by atoms with Crippen LogP contribution in [0.25, 0.3) is 10.1 Å². The molecule has 0 fully saturated rings. The van der Waals surface area contributed by atoms with Crippen molar-refractivity contribution in [2.45, 2.75) is 19.5 Å². The molecule has 0 saturated heterocycles. The van der Waals surface area contributed by atoms with Gasteiger partial charge in [0.1, 0.15) is 0 Å². The second kappa shape index (κ2) is 3.66. The topological polar surface area (TPSA) is 26.0 Å². The molecule has 0 atom stereocenters. The van der Waals surface area contributed by atoms with E-state index < -0.39 is 12.6 Å². The number of alkyl halides is 3. The van der Waals surface area contributed by atoms with Gasteiger partial charge in [0.15, 0.2) is 0 Å². The lowest BCUT2D eigenvalue weighted by Gasteiger charge is -2.06. The Labute approximate surface area is 94.7 Å². The van der Waals surface area contributed by atoms with Crippen molar-refractivity contribution in [1.82, 2.24) is 0 Å². The molecule has 1 aromatic carbocycles. The van der Waals surface area contributed by atoms with Gasteiger partial charge in [-0.1, -0.05) is 12.1 Å². The lowest BCUT2D eigenvalue weighted by molar-refractivity contribution is -0.127. The predicted octanol–water partition coefficient (Wildman–Crippen LogP) is 3.90. The highest BCUT2D eigenvalue weighted by molar-refractivity contribution is 7.19. The van der Waals surface area contributed by atoms with Crippen molar-refractivity contribution in [2.75, 3.05) is 5.73 Å². The Balaban J connectivity index is 2.61. The van der Waals surface area contributed by atoms with Crippen LogP contribution in [0.2, 0.25) is 0 Å². The van der Waals surface area contributed by atoms with Crippen LogP contribution in [0, 0.1) is 6.92 Å². The number of thiophene rings is 1. The largest absolute Gasteiger partial charge is 0.398 e. The van der Waals surface area contributed by atoms with E-state index in [-0.39, 0.29) is 0 Å². The number of rotatable bonds is 1. The normalized spacial score (nSPS) is 12.2. The molecule has 0 aliphatic rings. The third-order valence-electron chi connectivity index (χ3n) is 2.43. The van der Waals surface area contributed by atoms with Crippen molar-refractivity contribution in [3.63, 3.8) is 0 Å². The molecule has 0 saturated carbocycles. The second-order valence-electron chi connectivity index (χ2n) is 3.65. The van der Waals surface area contributed by atoms with Crippen LogP contribution >= 0.6 is 11.3 Å². The summed E-state index contributed by atoms with van der Waals surface area (Å²) in [7, 11) is 0. The van der Waals surface area contributed by atoms with E-state index in [1.807, 2.05) is 0 Å². The van der Waals surface area contributed by atoms with Gasteiger partial charge in [0.25, 0.3) is 0 Å². The molecular formula is C11H10F3NS. The van der Waals surface area contributed by atoms with Crippen molar-refractivity contribution in [3.8, 4) is 0 Å². The third kappa shape index (κ3) is 2.00. The number of aryl methyl sites for hydroxylation is 1. The number of anilines is 1. The van der Waals surface area contributed by atoms with Crippen molar-refractivity contribution < 1.29 is 13.2 Å². The Bertz CT molecular complexity index is 528. The van der Waals surface area contributed by atoms with Gasteiger partial charge in [0, 0.05) is 10.6 Å². The molecule has 2 aromatic rings. The maximum atomic E-state index is 12.4. The van der Waals surface area contributed by atoms with Crippen LogP contribution in [0.1, 0.15) is 10.4 Å². The Morgan fingerprint density at radius 3 is 2.62 bits per heavy atom. The second-order valence-corrected chi connectivity index (χ2v) is 4.88. The summed E-state index contributed by atoms with van der Waals surface area (Å²) in [6.07, 6.45) is -5.06. The number of halogens is 3. The SMILES string of the molecule is Cc1sc2c(N)cccc2c1CC(F)(F)F. The van der Waals surface area contributed by atoms with E-state index in [0.29, 0.717) is 21.5 Å². The first-order chi connectivity index (χ1) is 7.38. The van der Waals surface area contributed by atoms with Crippen LogP contribution < -0.4 is 5.73 Å². The van der Waals surface area contributed by atoms with E-state index in [2.05, 4.69) is 0 Å². The number of fused-ring (bicyclic) bond motifs is 1. The van der Waals surface area contributed by atoms with Crippen molar-refractivity contribution >= 4 is 27.1 Å². The molecule has 5 heteroatoms. The molecule has 1 aromatic heterocycles. The first kappa shape index (κ1) is 11.3. The van der Waals surface area contributed by atoms with Gasteiger partial charge in [-0.25, -0.2) is 0 Å². The zero-order chi connectivity index (χ0) is 11.9. The summed E-state index contributed by atoms with van der Waals surface area (Å²) in [4.78, 5) is 0.685. The van der Waals surface area contributed by atoms with Crippen molar-refractivity contribution in [1.29, 1.82) is 0 Å². The lowest BCUT2D eigenvalue weighted by Crippen LogP contribution is -2.11. The summed E-state index contributed by atoms with van der Waals surface area (Å²) in [5.74, 6) is 0. The number of benzene rings is 1. The van der Waals surface area contributed by atoms with Gasteiger partial charge in [-0.15, -0.1) is 11.3 Å². The maximum absolute atomic E-state index is 12.4. The molecule has 1 heterocycles. The molecule has 0 amide bonds. The van der Waals surface area contributed by atoms with Gasteiger partial charge in [-0.2, -0.15) is 13.2 Å². The minimum atomic E-state index is -4.18. The average Bonchev–Trinajstić information content (AvgIpc) is 2.44. The first-order valence-corrected chi connectivity index (χ1v) is 5.53. The molecule has 0 radical (unpaired) electrons. The molecule has 0 bridgehead atoms. The number of nitrogens with two attached hydrogens (primary N) is 1. The van der Waals surface area contributed by atoms with Crippen molar-refractivity contribution in [3.05, 3.63) is 28.6 Å². The Morgan fingerprint density at radius 2 is 2.00 bits per heavy atom. The molecule has 1 nitrogen and oxygen atoms in total. The van der Waals surface area contributed by atoms with E-state index in [9.17, 15) is 13.2 Å². The quantitative estimate of drug-likeness (QED) is 0.758. The standard InChI is InChI=1S/C11H10F3NS/c1-6-8(5-11(12,13)14)7-3-2-4-9(15)10(7)16-6/h2-4H,5,15H2,1H3. The predicted molar refractivity (Wildman–Crippen MR) is 60.7 cm³/mol. The highest BCUT2D eigenvalue weighted by Gasteiger charge is 2.30. The minimum Gasteiger partial charge on any atom is -0.398 e. The first-order valence-electron chi connectivity index (χ1n) is 4.71.